The van der Waals surface area contributed by atoms with E-state index in [-0.39, 0.29) is 6.23 Å². The van der Waals surface area contributed by atoms with Crippen LogP contribution in [-0.4, -0.2) is 37.9 Å². The van der Waals surface area contributed by atoms with Crippen molar-refractivity contribution in [2.45, 2.75) is 19.6 Å². The average Bonchev–Trinajstić information content (AvgIpc) is 2.18. The van der Waals surface area contributed by atoms with Crippen molar-refractivity contribution < 1.29 is 9.47 Å². The summed E-state index contributed by atoms with van der Waals surface area (Å²) in [4.78, 5) is 6.09. The molecule has 0 saturated heterocycles. The van der Waals surface area contributed by atoms with Gasteiger partial charge in [-0.25, -0.2) is 4.99 Å². The Morgan fingerprint density at radius 1 is 1.54 bits per heavy atom. The number of aliphatic imine (C=N–C) groups is 1. The van der Waals surface area contributed by atoms with Crippen molar-refractivity contribution in [2.75, 3.05) is 20.8 Å². The molecule has 0 aromatic rings. The maximum absolute atomic E-state index is 5.27. The van der Waals surface area contributed by atoms with Crippen molar-refractivity contribution in [1.82, 2.24) is 4.90 Å². The largest absolute Gasteiger partial charge is 0.468 e. The van der Waals surface area contributed by atoms with Crippen LogP contribution < -0.4 is 0 Å². The number of rotatable bonds is 3. The molecule has 0 aromatic heterocycles. The van der Waals surface area contributed by atoms with Crippen LogP contribution in [0.15, 0.2) is 17.3 Å². The molecule has 74 valence electrons. The highest BCUT2D eigenvalue weighted by Crippen LogP contribution is 2.10. The third kappa shape index (κ3) is 2.21. The Balaban J connectivity index is 2.70. The number of nitrogens with zero attached hydrogens (tertiary/aromatic N) is 2. The fourth-order valence-corrected chi connectivity index (χ4v) is 1.31. The lowest BCUT2D eigenvalue weighted by molar-refractivity contribution is 0.0287. The van der Waals surface area contributed by atoms with Crippen molar-refractivity contribution in [3.8, 4) is 0 Å². The molecule has 4 nitrogen and oxygen atoms in total. The molecule has 1 aliphatic heterocycles. The molecule has 0 spiro atoms. The summed E-state index contributed by atoms with van der Waals surface area (Å²) in [6.45, 7) is 2.99. The van der Waals surface area contributed by atoms with Crippen molar-refractivity contribution in [3.05, 3.63) is 12.3 Å². The lowest BCUT2D eigenvalue weighted by Crippen LogP contribution is -2.43. The number of ether oxygens (including phenoxy) is 2. The molecule has 0 bridgehead atoms. The Morgan fingerprint density at radius 3 is 2.85 bits per heavy atom. The predicted octanol–water partition coefficient (Wildman–Crippen LogP) is 1.20. The van der Waals surface area contributed by atoms with Gasteiger partial charge >= 0.3 is 0 Å². The number of hydrogen-bond acceptors (Lipinski definition) is 4. The van der Waals surface area contributed by atoms with Crippen LogP contribution in [-0.2, 0) is 9.47 Å². The average molecular weight is 184 g/mol. The molecule has 1 unspecified atom stereocenters. The first kappa shape index (κ1) is 10.1. The Kier molecular flexibility index (Phi) is 3.76. The Hall–Kier alpha value is -1.03. The molecule has 1 rings (SSSR count). The first-order chi connectivity index (χ1) is 6.33. The SMILES string of the molecule is CCCN1C(OC)=NC=CC1OC. The highest BCUT2D eigenvalue weighted by Gasteiger charge is 2.21. The molecule has 1 atom stereocenters. The second kappa shape index (κ2) is 4.87. The molecule has 1 aliphatic rings. The zero-order valence-corrected chi connectivity index (χ0v) is 8.36. The second-order valence-corrected chi connectivity index (χ2v) is 2.78. The van der Waals surface area contributed by atoms with Gasteiger partial charge in [0.15, 0.2) is 6.23 Å². The summed E-state index contributed by atoms with van der Waals surface area (Å²) in [6, 6.07) is 0.621. The van der Waals surface area contributed by atoms with E-state index in [1.807, 2.05) is 11.0 Å². The highest BCUT2D eigenvalue weighted by atomic mass is 16.5. The highest BCUT2D eigenvalue weighted by molar-refractivity contribution is 5.75. The molecule has 1 heterocycles. The predicted molar refractivity (Wildman–Crippen MR) is 51.4 cm³/mol. The topological polar surface area (TPSA) is 34.1 Å². The number of methoxy groups -OCH3 is 2. The minimum Gasteiger partial charge on any atom is -0.468 e. The van der Waals surface area contributed by atoms with E-state index in [1.165, 1.54) is 0 Å². The van der Waals surface area contributed by atoms with Crippen LogP contribution in [0, 0.1) is 0 Å². The molecular formula is C9H16N2O2. The van der Waals surface area contributed by atoms with Crippen LogP contribution in [0.4, 0.5) is 0 Å². The Morgan fingerprint density at radius 2 is 2.31 bits per heavy atom. The van der Waals surface area contributed by atoms with Crippen molar-refractivity contribution in [1.29, 1.82) is 0 Å². The van der Waals surface area contributed by atoms with Crippen LogP contribution in [0.5, 0.6) is 0 Å². The van der Waals surface area contributed by atoms with Gasteiger partial charge in [0.2, 0.25) is 0 Å². The minimum atomic E-state index is -0.0487. The zero-order valence-electron chi connectivity index (χ0n) is 8.36. The Labute approximate surface area is 78.8 Å². The van der Waals surface area contributed by atoms with Gasteiger partial charge in [-0.1, -0.05) is 6.92 Å². The molecule has 0 fully saturated rings. The van der Waals surface area contributed by atoms with Crippen LogP contribution in [0.2, 0.25) is 0 Å². The van der Waals surface area contributed by atoms with Gasteiger partial charge in [0, 0.05) is 19.9 Å². The molecule has 0 aliphatic carbocycles. The van der Waals surface area contributed by atoms with E-state index in [1.54, 1.807) is 20.4 Å². The van der Waals surface area contributed by atoms with Crippen LogP contribution in [0.1, 0.15) is 13.3 Å². The summed E-state index contributed by atoms with van der Waals surface area (Å²) in [5.41, 5.74) is 0. The summed E-state index contributed by atoms with van der Waals surface area (Å²) in [5, 5.41) is 0. The maximum Gasteiger partial charge on any atom is 0.294 e. The van der Waals surface area contributed by atoms with E-state index in [4.69, 9.17) is 9.47 Å². The Bertz CT molecular complexity index is 214. The van der Waals surface area contributed by atoms with E-state index < -0.39 is 0 Å². The van der Waals surface area contributed by atoms with Crippen molar-refractivity contribution >= 4 is 6.02 Å². The van der Waals surface area contributed by atoms with Gasteiger partial charge in [-0.05, 0) is 12.5 Å². The fraction of sp³-hybridized carbons (Fsp3) is 0.667. The van der Waals surface area contributed by atoms with Gasteiger partial charge < -0.3 is 9.47 Å². The lowest BCUT2D eigenvalue weighted by atomic mass is 10.3. The van der Waals surface area contributed by atoms with Gasteiger partial charge in [-0.2, -0.15) is 0 Å². The smallest absolute Gasteiger partial charge is 0.294 e. The van der Waals surface area contributed by atoms with E-state index in [0.717, 1.165) is 13.0 Å². The first-order valence-corrected chi connectivity index (χ1v) is 4.41. The van der Waals surface area contributed by atoms with Crippen molar-refractivity contribution in [2.24, 2.45) is 4.99 Å². The van der Waals surface area contributed by atoms with Gasteiger partial charge in [-0.3, -0.25) is 4.90 Å². The second-order valence-electron chi connectivity index (χ2n) is 2.78. The van der Waals surface area contributed by atoms with Crippen LogP contribution >= 0.6 is 0 Å². The van der Waals surface area contributed by atoms with E-state index >= 15 is 0 Å². The van der Waals surface area contributed by atoms with Crippen LogP contribution in [0.25, 0.3) is 0 Å². The van der Waals surface area contributed by atoms with E-state index in [2.05, 4.69) is 11.9 Å². The van der Waals surface area contributed by atoms with Gasteiger partial charge in [0.1, 0.15) is 0 Å². The maximum atomic E-state index is 5.27. The lowest BCUT2D eigenvalue weighted by Gasteiger charge is -2.31. The molecular weight excluding hydrogens is 168 g/mol. The standard InChI is InChI=1S/C9H16N2O2/c1-4-7-11-8(12-2)5-6-10-9(11)13-3/h5-6,8H,4,7H2,1-3H3. The molecule has 0 aromatic carbocycles. The van der Waals surface area contributed by atoms with Gasteiger partial charge in [0.05, 0.1) is 7.11 Å². The van der Waals surface area contributed by atoms with E-state index in [0.29, 0.717) is 6.02 Å². The quantitative estimate of drug-likeness (QED) is 0.661. The minimum absolute atomic E-state index is 0.0487. The number of hydrogen-bond donors (Lipinski definition) is 0. The summed E-state index contributed by atoms with van der Waals surface area (Å²) < 4.78 is 10.4. The zero-order chi connectivity index (χ0) is 9.68. The summed E-state index contributed by atoms with van der Waals surface area (Å²) >= 11 is 0. The van der Waals surface area contributed by atoms with Gasteiger partial charge in [0.25, 0.3) is 6.02 Å². The molecule has 0 saturated carbocycles. The van der Waals surface area contributed by atoms with Crippen LogP contribution in [0.3, 0.4) is 0 Å². The molecule has 4 heteroatoms. The molecule has 0 radical (unpaired) electrons. The third-order valence-corrected chi connectivity index (χ3v) is 1.88. The summed E-state index contributed by atoms with van der Waals surface area (Å²) in [5.74, 6) is 0. The summed E-state index contributed by atoms with van der Waals surface area (Å²) in [7, 11) is 3.30. The van der Waals surface area contributed by atoms with Gasteiger partial charge in [-0.15, -0.1) is 0 Å². The summed E-state index contributed by atoms with van der Waals surface area (Å²) in [6.07, 6.45) is 4.60. The fourth-order valence-electron chi connectivity index (χ4n) is 1.31. The van der Waals surface area contributed by atoms with Crippen molar-refractivity contribution in [3.63, 3.8) is 0 Å². The first-order valence-electron chi connectivity index (χ1n) is 4.41. The normalized spacial score (nSPS) is 21.6. The third-order valence-electron chi connectivity index (χ3n) is 1.88. The molecule has 0 amide bonds. The van der Waals surface area contributed by atoms with E-state index in [9.17, 15) is 0 Å². The number of amidine groups is 1. The molecule has 0 N–H and O–H groups in total. The molecule has 13 heavy (non-hydrogen) atoms. The monoisotopic (exact) mass is 184 g/mol.